The summed E-state index contributed by atoms with van der Waals surface area (Å²) < 4.78 is 3.92. The van der Waals surface area contributed by atoms with E-state index in [1.165, 1.54) is 16.8 Å². The molecule has 0 aromatic carbocycles. The molecule has 0 spiro atoms. The zero-order valence-corrected chi connectivity index (χ0v) is 13.8. The van der Waals surface area contributed by atoms with Gasteiger partial charge in [0, 0.05) is 24.5 Å². The third-order valence-corrected chi connectivity index (χ3v) is 3.73. The van der Waals surface area contributed by atoms with Crippen LogP contribution in [0.25, 0.3) is 0 Å². The van der Waals surface area contributed by atoms with Crippen molar-refractivity contribution in [3.05, 3.63) is 34.9 Å². The molecular formula is C16H27N5. The Balaban J connectivity index is 2.00. The minimum absolute atomic E-state index is 0.695. The van der Waals surface area contributed by atoms with Gasteiger partial charge in [-0.3, -0.25) is 9.36 Å². The summed E-state index contributed by atoms with van der Waals surface area (Å²) in [6.45, 7) is 11.6. The van der Waals surface area contributed by atoms with E-state index in [0.717, 1.165) is 31.7 Å². The van der Waals surface area contributed by atoms with Crippen LogP contribution in [-0.2, 0) is 20.0 Å². The first-order chi connectivity index (χ1) is 9.97. The smallest absolute Gasteiger partial charge is 0.0693 e. The molecule has 0 saturated heterocycles. The highest BCUT2D eigenvalue weighted by Crippen LogP contribution is 2.15. The van der Waals surface area contributed by atoms with E-state index in [2.05, 4.69) is 47.9 Å². The van der Waals surface area contributed by atoms with E-state index < -0.39 is 0 Å². The molecule has 0 atom stereocenters. The Hall–Kier alpha value is -1.62. The fourth-order valence-corrected chi connectivity index (χ4v) is 2.58. The minimum Gasteiger partial charge on any atom is -0.316 e. The van der Waals surface area contributed by atoms with E-state index in [9.17, 15) is 0 Å². The number of aromatic nitrogens is 4. The average Bonchev–Trinajstić information content (AvgIpc) is 2.92. The van der Waals surface area contributed by atoms with Gasteiger partial charge in [0.15, 0.2) is 0 Å². The Labute approximate surface area is 127 Å². The first kappa shape index (κ1) is 15.8. The molecule has 1 N–H and O–H groups in total. The molecule has 5 heteroatoms. The quantitative estimate of drug-likeness (QED) is 0.794. The largest absolute Gasteiger partial charge is 0.316 e. The number of rotatable bonds is 7. The summed E-state index contributed by atoms with van der Waals surface area (Å²) in [5, 5.41) is 12.4. The van der Waals surface area contributed by atoms with Crippen molar-refractivity contribution >= 4 is 0 Å². The molecule has 0 amide bonds. The van der Waals surface area contributed by atoms with Crippen LogP contribution in [0.15, 0.2) is 12.4 Å². The van der Waals surface area contributed by atoms with E-state index in [0.29, 0.717) is 5.92 Å². The molecule has 2 heterocycles. The number of hydrogen-bond acceptors (Lipinski definition) is 3. The van der Waals surface area contributed by atoms with Crippen LogP contribution in [0.5, 0.6) is 0 Å². The van der Waals surface area contributed by atoms with Gasteiger partial charge in [-0.05, 0) is 44.8 Å². The summed E-state index contributed by atoms with van der Waals surface area (Å²) in [7, 11) is 1.94. The van der Waals surface area contributed by atoms with E-state index in [4.69, 9.17) is 0 Å². The molecule has 0 aliphatic rings. The second-order valence-corrected chi connectivity index (χ2v) is 6.18. The molecule has 0 aliphatic heterocycles. The van der Waals surface area contributed by atoms with Gasteiger partial charge in [-0.25, -0.2) is 0 Å². The lowest BCUT2D eigenvalue weighted by atomic mass is 10.1. The standard InChI is InChI=1S/C16H27N5/c1-12(2)8-17-7-6-16-13(3)19-21(14(16)4)11-15-9-18-20(5)10-15/h9-10,12,17H,6-8,11H2,1-5H3. The number of hydrogen-bond donors (Lipinski definition) is 1. The van der Waals surface area contributed by atoms with Crippen LogP contribution in [-0.4, -0.2) is 32.7 Å². The normalized spacial score (nSPS) is 11.5. The summed E-state index contributed by atoms with van der Waals surface area (Å²) in [5.41, 5.74) is 4.97. The van der Waals surface area contributed by atoms with Gasteiger partial charge in [0.1, 0.15) is 0 Å². The maximum Gasteiger partial charge on any atom is 0.0693 e. The van der Waals surface area contributed by atoms with Crippen molar-refractivity contribution < 1.29 is 0 Å². The SMILES string of the molecule is Cc1nn(Cc2cnn(C)c2)c(C)c1CCNCC(C)C. The fourth-order valence-electron chi connectivity index (χ4n) is 2.58. The maximum atomic E-state index is 4.68. The molecule has 116 valence electrons. The average molecular weight is 289 g/mol. The predicted molar refractivity (Wildman–Crippen MR) is 85.4 cm³/mol. The van der Waals surface area contributed by atoms with E-state index in [1.807, 2.05) is 24.1 Å². The molecule has 0 radical (unpaired) electrons. The molecule has 2 rings (SSSR count). The topological polar surface area (TPSA) is 47.7 Å². The lowest BCUT2D eigenvalue weighted by Crippen LogP contribution is -2.22. The van der Waals surface area contributed by atoms with Crippen molar-refractivity contribution in [3.63, 3.8) is 0 Å². The van der Waals surface area contributed by atoms with Gasteiger partial charge in [-0.15, -0.1) is 0 Å². The van der Waals surface area contributed by atoms with Crippen LogP contribution in [0, 0.1) is 19.8 Å². The highest BCUT2D eigenvalue weighted by molar-refractivity contribution is 5.25. The Morgan fingerprint density at radius 2 is 2.05 bits per heavy atom. The monoisotopic (exact) mass is 289 g/mol. The van der Waals surface area contributed by atoms with Gasteiger partial charge in [0.2, 0.25) is 0 Å². The molecule has 0 saturated carbocycles. The van der Waals surface area contributed by atoms with E-state index >= 15 is 0 Å². The lowest BCUT2D eigenvalue weighted by molar-refractivity contribution is 0.553. The van der Waals surface area contributed by atoms with Crippen LogP contribution >= 0.6 is 0 Å². The van der Waals surface area contributed by atoms with Gasteiger partial charge >= 0.3 is 0 Å². The second-order valence-electron chi connectivity index (χ2n) is 6.18. The maximum absolute atomic E-state index is 4.68. The molecular weight excluding hydrogens is 262 g/mol. The van der Waals surface area contributed by atoms with Gasteiger partial charge in [0.25, 0.3) is 0 Å². The van der Waals surface area contributed by atoms with Gasteiger partial charge < -0.3 is 5.32 Å². The van der Waals surface area contributed by atoms with Crippen molar-refractivity contribution in [3.8, 4) is 0 Å². The minimum atomic E-state index is 0.695. The molecule has 21 heavy (non-hydrogen) atoms. The van der Waals surface area contributed by atoms with Crippen molar-refractivity contribution in [2.24, 2.45) is 13.0 Å². The van der Waals surface area contributed by atoms with Crippen molar-refractivity contribution in [1.29, 1.82) is 0 Å². The summed E-state index contributed by atoms with van der Waals surface area (Å²) in [6, 6.07) is 0. The summed E-state index contributed by atoms with van der Waals surface area (Å²) in [4.78, 5) is 0. The Bertz CT molecular complexity index is 580. The van der Waals surface area contributed by atoms with Crippen LogP contribution in [0.3, 0.4) is 0 Å². The first-order valence-corrected chi connectivity index (χ1v) is 7.68. The highest BCUT2D eigenvalue weighted by Gasteiger charge is 2.12. The third-order valence-electron chi connectivity index (χ3n) is 3.73. The van der Waals surface area contributed by atoms with Gasteiger partial charge in [-0.2, -0.15) is 10.2 Å². The fraction of sp³-hybridized carbons (Fsp3) is 0.625. The zero-order chi connectivity index (χ0) is 15.4. The predicted octanol–water partition coefficient (Wildman–Crippen LogP) is 2.07. The zero-order valence-electron chi connectivity index (χ0n) is 13.8. The third kappa shape index (κ3) is 4.17. The second kappa shape index (κ2) is 6.89. The molecule has 0 fully saturated rings. The van der Waals surface area contributed by atoms with Crippen LogP contribution in [0.4, 0.5) is 0 Å². The van der Waals surface area contributed by atoms with Crippen molar-refractivity contribution in [2.75, 3.05) is 13.1 Å². The lowest BCUT2D eigenvalue weighted by Gasteiger charge is -2.08. The molecule has 5 nitrogen and oxygen atoms in total. The number of aryl methyl sites for hydroxylation is 2. The molecule has 2 aromatic heterocycles. The Morgan fingerprint density at radius 3 is 2.67 bits per heavy atom. The number of nitrogens with one attached hydrogen (secondary N) is 1. The summed E-state index contributed by atoms with van der Waals surface area (Å²) >= 11 is 0. The summed E-state index contributed by atoms with van der Waals surface area (Å²) in [6.07, 6.45) is 4.98. The highest BCUT2D eigenvalue weighted by atomic mass is 15.3. The van der Waals surface area contributed by atoms with Crippen molar-refractivity contribution in [2.45, 2.75) is 40.7 Å². The van der Waals surface area contributed by atoms with Crippen LogP contribution in [0.1, 0.15) is 36.4 Å². The summed E-state index contributed by atoms with van der Waals surface area (Å²) in [5.74, 6) is 0.695. The van der Waals surface area contributed by atoms with E-state index in [-0.39, 0.29) is 0 Å². The van der Waals surface area contributed by atoms with Crippen molar-refractivity contribution in [1.82, 2.24) is 24.9 Å². The number of nitrogens with zero attached hydrogens (tertiary/aromatic N) is 4. The molecule has 0 unspecified atom stereocenters. The molecule has 0 aliphatic carbocycles. The molecule has 2 aromatic rings. The van der Waals surface area contributed by atoms with Crippen LogP contribution < -0.4 is 5.32 Å². The molecule has 0 bridgehead atoms. The van der Waals surface area contributed by atoms with Gasteiger partial charge in [-0.1, -0.05) is 13.8 Å². The van der Waals surface area contributed by atoms with Crippen LogP contribution in [0.2, 0.25) is 0 Å². The Kier molecular flexibility index (Phi) is 5.17. The van der Waals surface area contributed by atoms with Gasteiger partial charge in [0.05, 0.1) is 18.4 Å². The Morgan fingerprint density at radius 1 is 1.29 bits per heavy atom. The first-order valence-electron chi connectivity index (χ1n) is 7.68. The van der Waals surface area contributed by atoms with E-state index in [1.54, 1.807) is 0 Å².